The lowest BCUT2D eigenvalue weighted by molar-refractivity contribution is -0.110. The molecule has 2 N–H and O–H groups in total. The fourth-order valence-electron chi connectivity index (χ4n) is 5.21. The maximum atomic E-state index is 13.0. The number of hydrogen-bond donors (Lipinski definition) is 2. The van der Waals surface area contributed by atoms with E-state index in [9.17, 15) is 9.90 Å². The van der Waals surface area contributed by atoms with Crippen LogP contribution in [0.25, 0.3) is 0 Å². The summed E-state index contributed by atoms with van der Waals surface area (Å²) >= 11 is 3.19. The van der Waals surface area contributed by atoms with Gasteiger partial charge in [-0.2, -0.15) is 11.8 Å². The Labute approximate surface area is 267 Å². The van der Waals surface area contributed by atoms with E-state index in [2.05, 4.69) is 118 Å². The van der Waals surface area contributed by atoms with Gasteiger partial charge in [0.1, 0.15) is 0 Å². The van der Waals surface area contributed by atoms with Gasteiger partial charge in [0.05, 0.1) is 5.76 Å². The van der Waals surface area contributed by atoms with Gasteiger partial charge in [-0.15, -0.1) is 0 Å². The second-order valence-corrected chi connectivity index (χ2v) is 15.6. The summed E-state index contributed by atoms with van der Waals surface area (Å²) in [6.45, 7) is 13.7. The number of anilines is 4. The minimum absolute atomic E-state index is 0.0172. The number of aliphatic hydroxyl groups is 1. The Morgan fingerprint density at radius 1 is 0.837 bits per heavy atom. The maximum absolute atomic E-state index is 13.0. The average Bonchev–Trinajstić information content (AvgIpc) is 2.96. The number of carbonyl (C=O) groups excluding carboxylic acids is 1. The zero-order valence-electron chi connectivity index (χ0n) is 26.4. The van der Waals surface area contributed by atoms with Gasteiger partial charge >= 0.3 is 0 Å². The number of nitrogens with one attached hydrogen (secondary N) is 1. The van der Waals surface area contributed by atoms with Crippen LogP contribution in [0.15, 0.2) is 107 Å². The summed E-state index contributed by atoms with van der Waals surface area (Å²) in [5, 5.41) is 14.7. The first-order chi connectivity index (χ1) is 20.4. The van der Waals surface area contributed by atoms with Crippen LogP contribution in [-0.4, -0.2) is 28.3 Å². The molecule has 0 heterocycles. The summed E-state index contributed by atoms with van der Waals surface area (Å²) in [6.07, 6.45) is 3.30. The molecule has 0 spiro atoms. The number of thioether (sulfide) groups is 2. The second-order valence-electron chi connectivity index (χ2n) is 13.1. The molecule has 0 saturated heterocycles. The molecule has 4 nitrogen and oxygen atoms in total. The van der Waals surface area contributed by atoms with Crippen molar-refractivity contribution in [1.82, 2.24) is 0 Å². The van der Waals surface area contributed by atoms with E-state index in [0.717, 1.165) is 51.3 Å². The molecule has 0 radical (unpaired) electrons. The zero-order chi connectivity index (χ0) is 31.0. The highest BCUT2D eigenvalue weighted by molar-refractivity contribution is 8.17. The van der Waals surface area contributed by atoms with E-state index in [1.165, 1.54) is 11.8 Å². The van der Waals surface area contributed by atoms with Gasteiger partial charge in [0, 0.05) is 53.1 Å². The largest absolute Gasteiger partial charge is 0.512 e. The molecule has 4 rings (SSSR count). The molecule has 1 atom stereocenters. The number of benzene rings is 3. The van der Waals surface area contributed by atoms with Gasteiger partial charge in [0.2, 0.25) is 0 Å². The van der Waals surface area contributed by atoms with Crippen LogP contribution in [0, 0.1) is 16.7 Å². The highest BCUT2D eigenvalue weighted by atomic mass is 32.2. The van der Waals surface area contributed by atoms with E-state index in [4.69, 9.17) is 0 Å². The van der Waals surface area contributed by atoms with Crippen molar-refractivity contribution in [2.24, 2.45) is 16.7 Å². The molecule has 0 amide bonds. The van der Waals surface area contributed by atoms with E-state index >= 15 is 0 Å². The van der Waals surface area contributed by atoms with Crippen molar-refractivity contribution in [3.63, 3.8) is 0 Å². The van der Waals surface area contributed by atoms with E-state index in [1.54, 1.807) is 0 Å². The molecule has 0 bridgehead atoms. The third kappa shape index (κ3) is 9.45. The van der Waals surface area contributed by atoms with Crippen LogP contribution in [0.1, 0.15) is 54.4 Å². The van der Waals surface area contributed by atoms with Crippen LogP contribution in [-0.2, 0) is 4.79 Å². The number of carbonyl (C=O) groups is 1. The Morgan fingerprint density at radius 2 is 1.42 bits per heavy atom. The third-order valence-electron chi connectivity index (χ3n) is 7.63. The molecule has 3 aromatic carbocycles. The van der Waals surface area contributed by atoms with Crippen molar-refractivity contribution in [1.29, 1.82) is 0 Å². The lowest BCUT2D eigenvalue weighted by Gasteiger charge is -2.37. The van der Waals surface area contributed by atoms with Gasteiger partial charge in [-0.3, -0.25) is 4.79 Å². The third-order valence-corrected chi connectivity index (χ3v) is 9.58. The van der Waals surface area contributed by atoms with E-state index < -0.39 is 0 Å². The Bertz CT molecular complexity index is 1400. The van der Waals surface area contributed by atoms with Crippen LogP contribution >= 0.6 is 23.5 Å². The molecule has 1 aliphatic rings. The molecular formula is C37H46N2O2S2. The summed E-state index contributed by atoms with van der Waals surface area (Å²) < 4.78 is 0. The van der Waals surface area contributed by atoms with Crippen LogP contribution in [0.3, 0.4) is 0 Å². The van der Waals surface area contributed by atoms with E-state index in [1.807, 2.05) is 36.0 Å². The van der Waals surface area contributed by atoms with Gasteiger partial charge < -0.3 is 15.3 Å². The number of aliphatic hydroxyl groups excluding tert-OH is 1. The minimum atomic E-state index is -0.179. The summed E-state index contributed by atoms with van der Waals surface area (Å²) in [6, 6.07) is 29.2. The molecule has 0 fully saturated rings. The molecule has 3 aromatic rings. The highest BCUT2D eigenvalue weighted by Gasteiger charge is 2.36. The van der Waals surface area contributed by atoms with Crippen LogP contribution < -0.4 is 10.2 Å². The number of allylic oxidation sites excluding steroid dienone is 4. The minimum Gasteiger partial charge on any atom is -0.512 e. The number of nitrogens with zero attached hydrogens (tertiary/aromatic N) is 1. The average molecular weight is 615 g/mol. The van der Waals surface area contributed by atoms with Crippen molar-refractivity contribution in [3.8, 4) is 0 Å². The van der Waals surface area contributed by atoms with Gasteiger partial charge in [0.15, 0.2) is 5.12 Å². The van der Waals surface area contributed by atoms with E-state index in [-0.39, 0.29) is 21.9 Å². The lowest BCUT2D eigenvalue weighted by atomic mass is 9.71. The Kier molecular flexibility index (Phi) is 11.1. The van der Waals surface area contributed by atoms with Gasteiger partial charge in [-0.25, -0.2) is 0 Å². The van der Waals surface area contributed by atoms with Crippen LogP contribution in [0.4, 0.5) is 22.7 Å². The van der Waals surface area contributed by atoms with Gasteiger partial charge in [-0.05, 0) is 82.3 Å². The van der Waals surface area contributed by atoms with Crippen molar-refractivity contribution >= 4 is 51.4 Å². The first-order valence-electron chi connectivity index (χ1n) is 15.1. The molecule has 0 aliphatic heterocycles. The van der Waals surface area contributed by atoms with E-state index in [0.29, 0.717) is 18.6 Å². The quantitative estimate of drug-likeness (QED) is 0.210. The van der Waals surface area contributed by atoms with Crippen molar-refractivity contribution in [3.05, 3.63) is 107 Å². The Hall–Kier alpha value is -3.09. The standard InChI is InChI=1S/C37H46N2O2S2/c1-36(2,3)32-25-31(26-33(35(32)41)37(4,5)6)43-34(40)21-23-42-24-22-39(29-15-11-8-12-16-29)30-19-17-28(18-20-30)38-27-13-9-7-10-14-27/h7-20,25,33,38,41H,21-24,26H2,1-6H3. The molecule has 6 heteroatoms. The first-order valence-corrected chi connectivity index (χ1v) is 17.1. The maximum Gasteiger partial charge on any atom is 0.194 e. The summed E-state index contributed by atoms with van der Waals surface area (Å²) in [5.74, 6) is 2.20. The number of para-hydroxylation sites is 2. The monoisotopic (exact) mass is 614 g/mol. The SMILES string of the molecule is CC(C)(C)C1=C(O)C(C(C)(C)C)CC(SC(=O)CCSCCN(c2ccccc2)c2ccc(Nc3ccccc3)cc2)=C1. The molecule has 0 aromatic heterocycles. The van der Waals surface area contributed by atoms with Crippen molar-refractivity contribution < 1.29 is 9.90 Å². The number of rotatable bonds is 11. The normalized spacial score (nSPS) is 15.7. The Balaban J connectivity index is 1.32. The Morgan fingerprint density at radius 3 is 2.02 bits per heavy atom. The topological polar surface area (TPSA) is 52.6 Å². The van der Waals surface area contributed by atoms with Crippen LogP contribution in [0.2, 0.25) is 0 Å². The summed E-state index contributed by atoms with van der Waals surface area (Å²) in [4.78, 5) is 16.4. The van der Waals surface area contributed by atoms with Gasteiger partial charge in [-0.1, -0.05) is 89.7 Å². The second kappa shape index (κ2) is 14.6. The molecule has 1 unspecified atom stereocenters. The first kappa shape index (κ1) is 32.8. The van der Waals surface area contributed by atoms with Crippen molar-refractivity contribution in [2.45, 2.75) is 54.4 Å². The molecular weight excluding hydrogens is 569 g/mol. The summed E-state index contributed by atoms with van der Waals surface area (Å²) in [5.41, 5.74) is 5.11. The molecule has 228 valence electrons. The molecule has 43 heavy (non-hydrogen) atoms. The highest BCUT2D eigenvalue weighted by Crippen LogP contribution is 2.47. The van der Waals surface area contributed by atoms with Crippen LogP contribution in [0.5, 0.6) is 0 Å². The zero-order valence-corrected chi connectivity index (χ0v) is 28.0. The fourth-order valence-corrected chi connectivity index (χ4v) is 7.10. The predicted octanol–water partition coefficient (Wildman–Crippen LogP) is 10.8. The predicted molar refractivity (Wildman–Crippen MR) is 189 cm³/mol. The molecule has 0 saturated carbocycles. The fraction of sp³-hybridized carbons (Fsp3) is 0.378. The summed E-state index contributed by atoms with van der Waals surface area (Å²) in [7, 11) is 0. The van der Waals surface area contributed by atoms with Crippen molar-refractivity contribution in [2.75, 3.05) is 28.3 Å². The van der Waals surface area contributed by atoms with Gasteiger partial charge in [0.25, 0.3) is 0 Å². The molecule has 1 aliphatic carbocycles. The smallest absolute Gasteiger partial charge is 0.194 e. The number of hydrogen-bond acceptors (Lipinski definition) is 6. The lowest BCUT2D eigenvalue weighted by Crippen LogP contribution is -2.28.